The topological polar surface area (TPSA) is 81.8 Å². The molecule has 0 bridgehead atoms. The molecule has 0 saturated carbocycles. The van der Waals surface area contributed by atoms with Gasteiger partial charge in [0, 0.05) is 38.8 Å². The Morgan fingerprint density at radius 1 is 1.00 bits per heavy atom. The predicted octanol–water partition coefficient (Wildman–Crippen LogP) is 3.53. The van der Waals surface area contributed by atoms with Gasteiger partial charge in [0.25, 0.3) is 0 Å². The molecule has 2 heterocycles. The molecule has 1 atom stereocenters. The van der Waals surface area contributed by atoms with Crippen molar-refractivity contribution < 1.29 is 27.6 Å². The maximum absolute atomic E-state index is 13.5. The van der Waals surface area contributed by atoms with Crippen molar-refractivity contribution in [1.82, 2.24) is 9.80 Å². The lowest BCUT2D eigenvalue weighted by atomic mass is 9.97. The quantitative estimate of drug-likeness (QED) is 0.776. The van der Waals surface area contributed by atoms with E-state index in [9.17, 15) is 27.6 Å². The van der Waals surface area contributed by atoms with Gasteiger partial charge in [-0.05, 0) is 43.9 Å². The highest BCUT2D eigenvalue weighted by Crippen LogP contribution is 2.37. The van der Waals surface area contributed by atoms with Gasteiger partial charge in [0.1, 0.15) is 0 Å². The van der Waals surface area contributed by atoms with Crippen LogP contribution in [0.25, 0.3) is 0 Å². The van der Waals surface area contributed by atoms with Gasteiger partial charge in [0.15, 0.2) is 0 Å². The summed E-state index contributed by atoms with van der Waals surface area (Å²) in [5.74, 6) is -1.63. The molecule has 7 nitrogen and oxygen atoms in total. The first-order chi connectivity index (χ1) is 14.1. The van der Waals surface area contributed by atoms with Crippen LogP contribution in [0.2, 0.25) is 0 Å². The van der Waals surface area contributed by atoms with Crippen molar-refractivity contribution in [2.75, 3.05) is 36.8 Å². The molecule has 2 N–H and O–H groups in total. The van der Waals surface area contributed by atoms with Gasteiger partial charge < -0.3 is 20.4 Å². The van der Waals surface area contributed by atoms with Crippen molar-refractivity contribution in [1.29, 1.82) is 0 Å². The number of nitrogens with one attached hydrogen (secondary N) is 2. The van der Waals surface area contributed by atoms with Crippen LogP contribution in [0, 0.1) is 5.92 Å². The van der Waals surface area contributed by atoms with Gasteiger partial charge in [-0.15, -0.1) is 0 Å². The zero-order valence-corrected chi connectivity index (χ0v) is 16.7. The third-order valence-corrected chi connectivity index (χ3v) is 5.34. The number of rotatable bonds is 3. The molecule has 1 unspecified atom stereocenters. The number of halogens is 3. The van der Waals surface area contributed by atoms with E-state index in [1.807, 2.05) is 0 Å². The normalized spacial score (nSPS) is 19.5. The zero-order valence-electron chi connectivity index (χ0n) is 16.7. The number of benzene rings is 1. The number of anilines is 2. The van der Waals surface area contributed by atoms with E-state index >= 15 is 0 Å². The van der Waals surface area contributed by atoms with Gasteiger partial charge in [-0.2, -0.15) is 13.2 Å². The first-order valence-corrected chi connectivity index (χ1v) is 9.98. The average molecular weight is 426 g/mol. The number of alkyl halides is 3. The Morgan fingerprint density at radius 3 is 2.30 bits per heavy atom. The summed E-state index contributed by atoms with van der Waals surface area (Å²) in [6.45, 7) is 3.32. The van der Waals surface area contributed by atoms with Gasteiger partial charge in [-0.3, -0.25) is 9.59 Å². The van der Waals surface area contributed by atoms with Crippen LogP contribution < -0.4 is 10.6 Å². The molecular weight excluding hydrogens is 401 g/mol. The Hall–Kier alpha value is -2.78. The van der Waals surface area contributed by atoms with Crippen molar-refractivity contribution in [3.05, 3.63) is 23.8 Å². The van der Waals surface area contributed by atoms with E-state index in [1.54, 1.807) is 9.80 Å². The smallest absolute Gasteiger partial charge is 0.326 e. The Balaban J connectivity index is 1.71. The van der Waals surface area contributed by atoms with Crippen LogP contribution in [-0.4, -0.2) is 53.8 Å². The second kappa shape index (κ2) is 8.93. The second-order valence-electron chi connectivity index (χ2n) is 7.69. The lowest BCUT2D eigenvalue weighted by Gasteiger charge is -2.34. The summed E-state index contributed by atoms with van der Waals surface area (Å²) in [6.07, 6.45) is -1.68. The molecule has 2 aliphatic heterocycles. The monoisotopic (exact) mass is 426 g/mol. The number of hydrogen-bond acceptors (Lipinski definition) is 3. The van der Waals surface area contributed by atoms with E-state index in [0.29, 0.717) is 32.5 Å². The first kappa shape index (κ1) is 21.9. The standard InChI is InChI=1S/C20H25F3N4O3/c1-13(28)24-15-6-7-17(16(11-15)20(21,22)23)25-18(29)14-5-4-10-27(12-14)19(30)26-8-2-3-9-26/h6-7,11,14H,2-5,8-10,12H2,1H3,(H,24,28)(H,25,29). The molecule has 1 aromatic rings. The fourth-order valence-corrected chi connectivity index (χ4v) is 3.88. The molecule has 3 rings (SSSR count). The van der Waals surface area contributed by atoms with Crippen molar-refractivity contribution >= 4 is 29.2 Å². The molecule has 0 aromatic heterocycles. The Kier molecular flexibility index (Phi) is 6.52. The largest absolute Gasteiger partial charge is 0.418 e. The highest BCUT2D eigenvalue weighted by atomic mass is 19.4. The van der Waals surface area contributed by atoms with Crippen LogP contribution in [0.4, 0.5) is 29.3 Å². The van der Waals surface area contributed by atoms with Crippen LogP contribution in [-0.2, 0) is 15.8 Å². The van der Waals surface area contributed by atoms with Crippen LogP contribution >= 0.6 is 0 Å². The molecule has 2 saturated heterocycles. The Labute approximate surface area is 172 Å². The summed E-state index contributed by atoms with van der Waals surface area (Å²) in [5, 5.41) is 4.68. The maximum Gasteiger partial charge on any atom is 0.418 e. The summed E-state index contributed by atoms with van der Waals surface area (Å²) in [4.78, 5) is 39.8. The van der Waals surface area contributed by atoms with E-state index in [-0.39, 0.29) is 24.0 Å². The van der Waals surface area contributed by atoms with E-state index < -0.39 is 29.5 Å². The van der Waals surface area contributed by atoms with Crippen molar-refractivity contribution in [2.24, 2.45) is 5.92 Å². The highest BCUT2D eigenvalue weighted by Gasteiger charge is 2.36. The highest BCUT2D eigenvalue weighted by molar-refractivity contribution is 5.95. The fraction of sp³-hybridized carbons (Fsp3) is 0.550. The fourth-order valence-electron chi connectivity index (χ4n) is 3.88. The molecule has 164 valence electrons. The lowest BCUT2D eigenvalue weighted by Crippen LogP contribution is -2.48. The zero-order chi connectivity index (χ0) is 21.9. The third-order valence-electron chi connectivity index (χ3n) is 5.34. The number of hydrogen-bond donors (Lipinski definition) is 2. The minimum Gasteiger partial charge on any atom is -0.326 e. The number of nitrogens with zero attached hydrogens (tertiary/aromatic N) is 2. The summed E-state index contributed by atoms with van der Waals surface area (Å²) in [7, 11) is 0. The second-order valence-corrected chi connectivity index (χ2v) is 7.69. The Bertz CT molecular complexity index is 822. The van der Waals surface area contributed by atoms with E-state index in [4.69, 9.17) is 0 Å². The summed E-state index contributed by atoms with van der Waals surface area (Å²) >= 11 is 0. The number of carbonyl (C=O) groups is 3. The van der Waals surface area contributed by atoms with Gasteiger partial charge >= 0.3 is 12.2 Å². The van der Waals surface area contributed by atoms with Gasteiger partial charge in [-0.1, -0.05) is 0 Å². The molecule has 10 heteroatoms. The number of carbonyl (C=O) groups excluding carboxylic acids is 3. The summed E-state index contributed by atoms with van der Waals surface area (Å²) in [6, 6.07) is 3.11. The number of urea groups is 1. The van der Waals surface area contributed by atoms with Crippen LogP contribution in [0.1, 0.15) is 38.2 Å². The number of amides is 4. The van der Waals surface area contributed by atoms with Crippen LogP contribution in [0.3, 0.4) is 0 Å². The molecule has 2 fully saturated rings. The average Bonchev–Trinajstić information content (AvgIpc) is 3.22. The van der Waals surface area contributed by atoms with Crippen LogP contribution in [0.15, 0.2) is 18.2 Å². The number of likely N-dealkylation sites (tertiary alicyclic amines) is 2. The summed E-state index contributed by atoms with van der Waals surface area (Å²) < 4.78 is 40.4. The van der Waals surface area contributed by atoms with E-state index in [2.05, 4.69) is 10.6 Å². The van der Waals surface area contributed by atoms with Crippen molar-refractivity contribution in [3.8, 4) is 0 Å². The summed E-state index contributed by atoms with van der Waals surface area (Å²) in [5.41, 5.74) is -1.42. The third kappa shape index (κ3) is 5.22. The predicted molar refractivity (Wildman–Crippen MR) is 105 cm³/mol. The number of piperidine rings is 1. The molecule has 0 spiro atoms. The minimum absolute atomic E-state index is 0.00660. The van der Waals surface area contributed by atoms with Gasteiger partial charge in [0.2, 0.25) is 11.8 Å². The molecule has 4 amide bonds. The molecular formula is C20H25F3N4O3. The lowest BCUT2D eigenvalue weighted by molar-refractivity contribution is -0.137. The molecule has 1 aromatic carbocycles. The van der Waals surface area contributed by atoms with Crippen molar-refractivity contribution in [3.63, 3.8) is 0 Å². The Morgan fingerprint density at radius 2 is 1.67 bits per heavy atom. The maximum atomic E-state index is 13.5. The SMILES string of the molecule is CC(=O)Nc1ccc(NC(=O)C2CCCN(C(=O)N3CCCC3)C2)c(C(F)(F)F)c1. The van der Waals surface area contributed by atoms with Gasteiger partial charge in [-0.25, -0.2) is 4.79 Å². The van der Waals surface area contributed by atoms with E-state index in [0.717, 1.165) is 25.0 Å². The van der Waals surface area contributed by atoms with Gasteiger partial charge in [0.05, 0.1) is 17.2 Å². The first-order valence-electron chi connectivity index (χ1n) is 9.98. The van der Waals surface area contributed by atoms with Crippen LogP contribution in [0.5, 0.6) is 0 Å². The molecule has 2 aliphatic rings. The molecule has 0 aliphatic carbocycles. The van der Waals surface area contributed by atoms with Crippen molar-refractivity contribution in [2.45, 2.75) is 38.8 Å². The minimum atomic E-state index is -4.71. The van der Waals surface area contributed by atoms with E-state index in [1.165, 1.54) is 13.0 Å². The molecule has 30 heavy (non-hydrogen) atoms. The molecule has 0 radical (unpaired) electrons.